The minimum absolute atomic E-state index is 0.0160. The van der Waals surface area contributed by atoms with E-state index < -0.39 is 23.1 Å². The van der Waals surface area contributed by atoms with Gasteiger partial charge in [0.1, 0.15) is 0 Å². The monoisotopic (exact) mass is 214 g/mol. The van der Waals surface area contributed by atoms with Gasteiger partial charge in [0.2, 0.25) is 0 Å². The van der Waals surface area contributed by atoms with Crippen LogP contribution in [0.3, 0.4) is 0 Å². The number of carboxylic acids is 1. The SMILES string of the molecule is CC1(O)CC2(C(=O)O)C(CC1O)C2(C)C. The van der Waals surface area contributed by atoms with Gasteiger partial charge >= 0.3 is 5.97 Å². The lowest BCUT2D eigenvalue weighted by Gasteiger charge is -2.36. The molecule has 0 saturated heterocycles. The normalized spacial score (nSPS) is 52.1. The van der Waals surface area contributed by atoms with Crippen molar-refractivity contribution < 1.29 is 20.1 Å². The molecule has 15 heavy (non-hydrogen) atoms. The van der Waals surface area contributed by atoms with Crippen molar-refractivity contribution in [2.24, 2.45) is 16.7 Å². The maximum absolute atomic E-state index is 11.3. The smallest absolute Gasteiger partial charge is 0.310 e. The molecule has 4 heteroatoms. The summed E-state index contributed by atoms with van der Waals surface area (Å²) in [5.41, 5.74) is -2.43. The lowest BCUT2D eigenvalue weighted by atomic mass is 9.76. The van der Waals surface area contributed by atoms with Crippen LogP contribution in [0.5, 0.6) is 0 Å². The quantitative estimate of drug-likeness (QED) is 0.598. The average molecular weight is 214 g/mol. The van der Waals surface area contributed by atoms with Crippen LogP contribution in [0.1, 0.15) is 33.6 Å². The summed E-state index contributed by atoms with van der Waals surface area (Å²) in [6.07, 6.45) is -0.280. The topological polar surface area (TPSA) is 77.8 Å². The van der Waals surface area contributed by atoms with Crippen molar-refractivity contribution in [1.29, 1.82) is 0 Å². The second-order valence-electron chi connectivity index (χ2n) is 5.84. The second-order valence-corrected chi connectivity index (χ2v) is 5.84. The number of fused-ring (bicyclic) bond motifs is 1. The van der Waals surface area contributed by atoms with Gasteiger partial charge in [0.25, 0.3) is 0 Å². The molecule has 2 fully saturated rings. The van der Waals surface area contributed by atoms with E-state index in [-0.39, 0.29) is 17.8 Å². The molecule has 0 aromatic carbocycles. The minimum atomic E-state index is -1.28. The predicted molar refractivity (Wildman–Crippen MR) is 53.2 cm³/mol. The Morgan fingerprint density at radius 2 is 1.87 bits per heavy atom. The fraction of sp³-hybridized carbons (Fsp3) is 0.909. The van der Waals surface area contributed by atoms with Crippen LogP contribution in [0.4, 0.5) is 0 Å². The highest BCUT2D eigenvalue weighted by molar-refractivity contribution is 5.81. The van der Waals surface area contributed by atoms with Crippen molar-refractivity contribution in [1.82, 2.24) is 0 Å². The maximum atomic E-state index is 11.3. The molecule has 4 nitrogen and oxygen atoms in total. The Labute approximate surface area is 88.9 Å². The van der Waals surface area contributed by atoms with Gasteiger partial charge in [-0.05, 0) is 31.1 Å². The highest BCUT2D eigenvalue weighted by Crippen LogP contribution is 2.75. The number of aliphatic hydroxyl groups is 2. The van der Waals surface area contributed by atoms with Gasteiger partial charge in [0.05, 0.1) is 17.1 Å². The van der Waals surface area contributed by atoms with Crippen LogP contribution < -0.4 is 0 Å². The summed E-state index contributed by atoms with van der Waals surface area (Å²) < 4.78 is 0. The third-order valence-electron chi connectivity index (χ3n) is 4.73. The van der Waals surface area contributed by atoms with Crippen LogP contribution >= 0.6 is 0 Å². The standard InChI is InChI=1S/C11H18O4/c1-9(2)6-4-7(12)10(3,15)5-11(6,9)8(13)14/h6-7,12,15H,4-5H2,1-3H3,(H,13,14). The fourth-order valence-electron chi connectivity index (χ4n) is 3.47. The van der Waals surface area contributed by atoms with Gasteiger partial charge in [0.15, 0.2) is 0 Å². The molecule has 2 aliphatic rings. The summed E-state index contributed by atoms with van der Waals surface area (Å²) in [6, 6.07) is 0. The Kier molecular flexibility index (Phi) is 1.85. The van der Waals surface area contributed by atoms with Crippen LogP contribution in [-0.2, 0) is 4.79 Å². The number of carbonyl (C=O) groups is 1. The molecule has 2 saturated carbocycles. The zero-order chi connectivity index (χ0) is 11.6. The number of aliphatic carboxylic acids is 1. The first-order valence-electron chi connectivity index (χ1n) is 5.30. The largest absolute Gasteiger partial charge is 0.481 e. The van der Waals surface area contributed by atoms with Crippen molar-refractivity contribution >= 4 is 5.97 Å². The molecule has 2 aliphatic carbocycles. The number of hydrogen-bond acceptors (Lipinski definition) is 3. The van der Waals surface area contributed by atoms with Gasteiger partial charge in [0, 0.05) is 0 Å². The van der Waals surface area contributed by atoms with E-state index in [1.807, 2.05) is 13.8 Å². The first-order chi connectivity index (χ1) is 6.66. The molecule has 0 heterocycles. The molecule has 0 spiro atoms. The summed E-state index contributed by atoms with van der Waals surface area (Å²) in [7, 11) is 0. The summed E-state index contributed by atoms with van der Waals surface area (Å²) >= 11 is 0. The van der Waals surface area contributed by atoms with E-state index in [0.717, 1.165) is 0 Å². The number of hydrogen-bond donors (Lipinski definition) is 3. The van der Waals surface area contributed by atoms with E-state index in [4.69, 9.17) is 0 Å². The fourth-order valence-corrected chi connectivity index (χ4v) is 3.47. The number of carboxylic acid groups (broad SMARTS) is 1. The Balaban J connectivity index is 2.37. The Morgan fingerprint density at radius 3 is 2.33 bits per heavy atom. The highest BCUT2D eigenvalue weighted by Gasteiger charge is 2.79. The molecular weight excluding hydrogens is 196 g/mol. The lowest BCUT2D eigenvalue weighted by molar-refractivity contribution is -0.156. The first-order valence-corrected chi connectivity index (χ1v) is 5.30. The molecular formula is C11H18O4. The minimum Gasteiger partial charge on any atom is -0.481 e. The molecule has 86 valence electrons. The highest BCUT2D eigenvalue weighted by atomic mass is 16.4. The van der Waals surface area contributed by atoms with Gasteiger partial charge < -0.3 is 15.3 Å². The van der Waals surface area contributed by atoms with Crippen LogP contribution in [0, 0.1) is 16.7 Å². The van der Waals surface area contributed by atoms with Crippen molar-refractivity contribution in [2.45, 2.75) is 45.3 Å². The van der Waals surface area contributed by atoms with Crippen molar-refractivity contribution in [3.63, 3.8) is 0 Å². The summed E-state index contributed by atoms with van der Waals surface area (Å²) in [5, 5.41) is 29.0. The van der Waals surface area contributed by atoms with Crippen LogP contribution in [0.25, 0.3) is 0 Å². The average Bonchev–Trinajstić information content (AvgIpc) is 2.51. The summed E-state index contributed by atoms with van der Waals surface area (Å²) in [4.78, 5) is 11.3. The van der Waals surface area contributed by atoms with Gasteiger partial charge in [-0.15, -0.1) is 0 Å². The van der Waals surface area contributed by atoms with Crippen LogP contribution in [-0.4, -0.2) is 33.0 Å². The summed E-state index contributed by atoms with van der Waals surface area (Å²) in [6.45, 7) is 5.33. The van der Waals surface area contributed by atoms with E-state index in [2.05, 4.69) is 0 Å². The predicted octanol–water partition coefficient (Wildman–Crippen LogP) is 0.619. The van der Waals surface area contributed by atoms with E-state index >= 15 is 0 Å². The molecule has 0 aliphatic heterocycles. The molecule has 0 aromatic heterocycles. The molecule has 0 radical (unpaired) electrons. The third-order valence-corrected chi connectivity index (χ3v) is 4.73. The maximum Gasteiger partial charge on any atom is 0.310 e. The van der Waals surface area contributed by atoms with Gasteiger partial charge in [-0.1, -0.05) is 13.8 Å². The van der Waals surface area contributed by atoms with Crippen molar-refractivity contribution in [2.75, 3.05) is 0 Å². The number of rotatable bonds is 1. The number of aliphatic hydroxyl groups excluding tert-OH is 1. The molecule has 0 bridgehead atoms. The van der Waals surface area contributed by atoms with Crippen LogP contribution in [0.15, 0.2) is 0 Å². The van der Waals surface area contributed by atoms with Gasteiger partial charge in [-0.2, -0.15) is 0 Å². The van der Waals surface area contributed by atoms with Gasteiger partial charge in [-0.3, -0.25) is 4.79 Å². The Hall–Kier alpha value is -0.610. The molecule has 4 unspecified atom stereocenters. The molecule has 4 atom stereocenters. The Morgan fingerprint density at radius 1 is 1.33 bits per heavy atom. The Bertz CT molecular complexity index is 321. The van der Waals surface area contributed by atoms with E-state index in [1.165, 1.54) is 6.92 Å². The third kappa shape index (κ3) is 1.06. The zero-order valence-electron chi connectivity index (χ0n) is 9.32. The molecule has 0 amide bonds. The summed E-state index contributed by atoms with van der Waals surface area (Å²) in [5.74, 6) is -0.859. The molecule has 2 rings (SSSR count). The first kappa shape index (κ1) is 10.9. The van der Waals surface area contributed by atoms with Crippen molar-refractivity contribution in [3.05, 3.63) is 0 Å². The van der Waals surface area contributed by atoms with Crippen molar-refractivity contribution in [3.8, 4) is 0 Å². The molecule has 3 N–H and O–H groups in total. The second kappa shape index (κ2) is 2.55. The van der Waals surface area contributed by atoms with E-state index in [0.29, 0.717) is 6.42 Å². The lowest BCUT2D eigenvalue weighted by Crippen LogP contribution is -2.47. The van der Waals surface area contributed by atoms with E-state index in [1.54, 1.807) is 0 Å². The molecule has 0 aromatic rings. The van der Waals surface area contributed by atoms with Gasteiger partial charge in [-0.25, -0.2) is 0 Å². The van der Waals surface area contributed by atoms with E-state index in [9.17, 15) is 20.1 Å². The van der Waals surface area contributed by atoms with Crippen LogP contribution in [0.2, 0.25) is 0 Å². The zero-order valence-corrected chi connectivity index (χ0v) is 9.32.